The van der Waals surface area contributed by atoms with Crippen LogP contribution in [-0.4, -0.2) is 25.7 Å². The van der Waals surface area contributed by atoms with Gasteiger partial charge in [-0.1, -0.05) is 0 Å². The quantitative estimate of drug-likeness (QED) is 0.872. The van der Waals surface area contributed by atoms with Gasteiger partial charge in [0, 0.05) is 16.6 Å². The van der Waals surface area contributed by atoms with E-state index in [1.165, 1.54) is 4.57 Å². The van der Waals surface area contributed by atoms with Crippen molar-refractivity contribution >= 4 is 33.2 Å². The van der Waals surface area contributed by atoms with Gasteiger partial charge < -0.3 is 5.11 Å². The molecule has 3 rings (SSSR count). The molecule has 0 unspecified atom stereocenters. The van der Waals surface area contributed by atoms with Gasteiger partial charge in [-0.3, -0.25) is 0 Å². The molecule has 0 radical (unpaired) electrons. The summed E-state index contributed by atoms with van der Waals surface area (Å²) in [6, 6.07) is 1.79. The summed E-state index contributed by atoms with van der Waals surface area (Å²) in [7, 11) is 0. The lowest BCUT2D eigenvalue weighted by Crippen LogP contribution is -2.11. The second-order valence-corrected chi connectivity index (χ2v) is 4.77. The molecule has 0 amide bonds. The largest absolute Gasteiger partial charge is 0.464 e. The van der Waals surface area contributed by atoms with Gasteiger partial charge in [-0.15, -0.1) is 0 Å². The highest BCUT2D eigenvalue weighted by Gasteiger charge is 2.31. The molecular weight excluding hydrogens is 274 g/mol. The van der Waals surface area contributed by atoms with E-state index in [1.807, 2.05) is 0 Å². The van der Waals surface area contributed by atoms with Crippen LogP contribution < -0.4 is 0 Å². The maximum absolute atomic E-state index is 11.2. The molecule has 1 aliphatic rings. The zero-order valence-corrected chi connectivity index (χ0v) is 9.81. The van der Waals surface area contributed by atoms with Crippen molar-refractivity contribution in [3.05, 3.63) is 22.6 Å². The Morgan fingerprint density at radius 3 is 2.94 bits per heavy atom. The Morgan fingerprint density at radius 2 is 2.31 bits per heavy atom. The summed E-state index contributed by atoms with van der Waals surface area (Å²) in [6.07, 6.45) is 2.59. The Hall–Kier alpha value is -1.43. The monoisotopic (exact) mass is 281 g/mol. The van der Waals surface area contributed by atoms with Crippen molar-refractivity contribution in [1.82, 2.24) is 14.5 Å². The minimum Gasteiger partial charge on any atom is -0.464 e. The Kier molecular flexibility index (Phi) is 2.00. The van der Waals surface area contributed by atoms with Crippen molar-refractivity contribution in [2.75, 3.05) is 0 Å². The molecule has 2 heterocycles. The summed E-state index contributed by atoms with van der Waals surface area (Å²) in [4.78, 5) is 19.6. The molecule has 6 heteroatoms. The van der Waals surface area contributed by atoms with Crippen LogP contribution in [0.25, 0.3) is 11.2 Å². The van der Waals surface area contributed by atoms with Crippen LogP contribution in [0.5, 0.6) is 0 Å². The third-order valence-corrected chi connectivity index (χ3v) is 3.06. The number of fused-ring (bicyclic) bond motifs is 1. The van der Waals surface area contributed by atoms with Gasteiger partial charge in [-0.05, 0) is 34.8 Å². The Bertz CT molecular complexity index is 589. The Labute approximate surface area is 99.2 Å². The Balaban J connectivity index is 2.32. The fourth-order valence-corrected chi connectivity index (χ4v) is 2.08. The molecule has 0 saturated heterocycles. The van der Waals surface area contributed by atoms with Gasteiger partial charge in [-0.2, -0.15) is 0 Å². The third-order valence-electron chi connectivity index (χ3n) is 2.62. The molecule has 0 aliphatic heterocycles. The molecule has 0 aromatic carbocycles. The highest BCUT2D eigenvalue weighted by Crippen LogP contribution is 2.40. The fourth-order valence-electron chi connectivity index (χ4n) is 1.76. The molecule has 82 valence electrons. The first-order valence-corrected chi connectivity index (χ1v) is 5.73. The summed E-state index contributed by atoms with van der Waals surface area (Å²) in [6.45, 7) is 0. The van der Waals surface area contributed by atoms with Crippen LogP contribution in [0, 0.1) is 0 Å². The first-order valence-electron chi connectivity index (χ1n) is 4.94. The summed E-state index contributed by atoms with van der Waals surface area (Å²) in [5.74, 6) is 0.900. The maximum atomic E-state index is 11.2. The summed E-state index contributed by atoms with van der Waals surface area (Å²) in [5.41, 5.74) is 1.04. The average molecular weight is 282 g/mol. The number of halogens is 1. The lowest BCUT2D eigenvalue weighted by Gasteiger charge is -1.99. The zero-order valence-electron chi connectivity index (χ0n) is 8.22. The van der Waals surface area contributed by atoms with Crippen LogP contribution in [0.2, 0.25) is 0 Å². The number of aromatic nitrogens is 3. The zero-order chi connectivity index (χ0) is 11.3. The number of carboxylic acid groups (broad SMARTS) is 1. The van der Waals surface area contributed by atoms with Crippen LogP contribution in [0.1, 0.15) is 24.6 Å². The van der Waals surface area contributed by atoms with Crippen LogP contribution in [0.15, 0.2) is 16.7 Å². The maximum Gasteiger partial charge on any atom is 0.418 e. The lowest BCUT2D eigenvalue weighted by atomic mass is 10.4. The van der Waals surface area contributed by atoms with Gasteiger partial charge in [0.1, 0.15) is 11.3 Å². The standard InChI is InChI=1S/C10H8BrN3O2/c11-6-3-7-9(12-4-6)14(10(15)16)8(13-7)5-1-2-5/h3-5H,1-2H2,(H,15,16). The van der Waals surface area contributed by atoms with Crippen molar-refractivity contribution in [3.63, 3.8) is 0 Å². The number of imidazole rings is 1. The van der Waals surface area contributed by atoms with Gasteiger partial charge in [0.2, 0.25) is 0 Å². The third kappa shape index (κ3) is 1.41. The smallest absolute Gasteiger partial charge is 0.418 e. The summed E-state index contributed by atoms with van der Waals surface area (Å²) in [5, 5.41) is 9.17. The summed E-state index contributed by atoms with van der Waals surface area (Å²) < 4.78 is 2.00. The predicted molar refractivity (Wildman–Crippen MR) is 60.6 cm³/mol. The number of rotatable bonds is 1. The van der Waals surface area contributed by atoms with E-state index in [4.69, 9.17) is 5.11 Å². The molecule has 1 N–H and O–H groups in total. The minimum absolute atomic E-state index is 0.282. The first-order chi connectivity index (χ1) is 7.66. The van der Waals surface area contributed by atoms with Gasteiger partial charge in [-0.25, -0.2) is 19.3 Å². The summed E-state index contributed by atoms with van der Waals surface area (Å²) >= 11 is 3.30. The van der Waals surface area contributed by atoms with Crippen LogP contribution in [0.3, 0.4) is 0 Å². The number of pyridine rings is 1. The lowest BCUT2D eigenvalue weighted by molar-refractivity contribution is 0.196. The molecule has 0 spiro atoms. The van der Waals surface area contributed by atoms with Gasteiger partial charge in [0.25, 0.3) is 0 Å². The molecule has 1 aliphatic carbocycles. The van der Waals surface area contributed by atoms with Crippen molar-refractivity contribution < 1.29 is 9.90 Å². The number of hydrogen-bond acceptors (Lipinski definition) is 3. The van der Waals surface area contributed by atoms with Gasteiger partial charge in [0.15, 0.2) is 5.65 Å². The molecule has 2 aromatic rings. The number of nitrogens with zero attached hydrogens (tertiary/aromatic N) is 3. The van der Waals surface area contributed by atoms with E-state index >= 15 is 0 Å². The number of carbonyl (C=O) groups is 1. The second-order valence-electron chi connectivity index (χ2n) is 3.86. The SMILES string of the molecule is O=C(O)n1c(C2CC2)nc2cc(Br)cnc21. The van der Waals surface area contributed by atoms with Crippen molar-refractivity contribution in [3.8, 4) is 0 Å². The molecule has 1 fully saturated rings. The minimum atomic E-state index is -1.01. The van der Waals surface area contributed by atoms with E-state index in [-0.39, 0.29) is 5.92 Å². The van der Waals surface area contributed by atoms with Crippen LogP contribution in [-0.2, 0) is 0 Å². The predicted octanol–water partition coefficient (Wildman–Crippen LogP) is 2.60. The average Bonchev–Trinajstić information content (AvgIpc) is 2.99. The van der Waals surface area contributed by atoms with Gasteiger partial charge >= 0.3 is 6.09 Å². The second kappa shape index (κ2) is 3.28. The molecule has 0 bridgehead atoms. The topological polar surface area (TPSA) is 68.0 Å². The first kappa shape index (κ1) is 9.77. The Morgan fingerprint density at radius 1 is 1.56 bits per heavy atom. The van der Waals surface area contributed by atoms with Crippen LogP contribution in [0.4, 0.5) is 4.79 Å². The van der Waals surface area contributed by atoms with Gasteiger partial charge in [0.05, 0.1) is 0 Å². The van der Waals surface area contributed by atoms with E-state index in [2.05, 4.69) is 25.9 Å². The molecule has 5 nitrogen and oxygen atoms in total. The highest BCUT2D eigenvalue weighted by atomic mass is 79.9. The molecule has 16 heavy (non-hydrogen) atoms. The normalized spacial score (nSPS) is 15.6. The molecule has 0 atom stereocenters. The van der Waals surface area contributed by atoms with Crippen LogP contribution >= 0.6 is 15.9 Å². The number of hydrogen-bond donors (Lipinski definition) is 1. The molecule has 2 aromatic heterocycles. The van der Waals surface area contributed by atoms with E-state index in [0.29, 0.717) is 17.0 Å². The van der Waals surface area contributed by atoms with E-state index in [9.17, 15) is 4.79 Å². The van der Waals surface area contributed by atoms with E-state index in [1.54, 1.807) is 12.3 Å². The van der Waals surface area contributed by atoms with Crippen molar-refractivity contribution in [2.45, 2.75) is 18.8 Å². The molecule has 1 saturated carbocycles. The van der Waals surface area contributed by atoms with Crippen molar-refractivity contribution in [1.29, 1.82) is 0 Å². The van der Waals surface area contributed by atoms with Crippen molar-refractivity contribution in [2.24, 2.45) is 0 Å². The highest BCUT2D eigenvalue weighted by molar-refractivity contribution is 9.10. The van der Waals surface area contributed by atoms with E-state index < -0.39 is 6.09 Å². The fraction of sp³-hybridized carbons (Fsp3) is 0.300. The van der Waals surface area contributed by atoms with E-state index in [0.717, 1.165) is 17.3 Å². The molecular formula is C10H8BrN3O2.